The number of hydrogen-bond donors (Lipinski definition) is 2. The van der Waals surface area contributed by atoms with Crippen LogP contribution in [-0.2, 0) is 9.63 Å². The van der Waals surface area contributed by atoms with Crippen molar-refractivity contribution in [1.82, 2.24) is 5.32 Å². The average Bonchev–Trinajstić information content (AvgIpc) is 1.95. The highest BCUT2D eigenvalue weighted by Gasteiger charge is 2.32. The summed E-state index contributed by atoms with van der Waals surface area (Å²) in [6.07, 6.45) is 0. The molecule has 0 saturated heterocycles. The van der Waals surface area contributed by atoms with Crippen molar-refractivity contribution < 1.29 is 14.7 Å². The third-order valence-electron chi connectivity index (χ3n) is 1.55. The Labute approximate surface area is 88.1 Å². The minimum atomic E-state index is -1.51. The zero-order chi connectivity index (χ0) is 12.3. The van der Waals surface area contributed by atoms with Gasteiger partial charge in [-0.25, -0.2) is 0 Å². The first-order valence-corrected chi connectivity index (χ1v) is 4.45. The minimum Gasteiger partial charge on any atom is -0.352 e. The monoisotopic (exact) mass is 219 g/mol. The Hall–Kier alpha value is -1.37. The molecular formula is C8H17N3O4. The van der Waals surface area contributed by atoms with Crippen LogP contribution in [0.25, 0.3) is 0 Å². The maximum absolute atomic E-state index is 11.5. The van der Waals surface area contributed by atoms with Crippen LogP contribution in [0.4, 0.5) is 0 Å². The fourth-order valence-corrected chi connectivity index (χ4v) is 0.749. The number of nitrogens with two attached hydrogens (primary N) is 1. The summed E-state index contributed by atoms with van der Waals surface area (Å²) >= 11 is 0. The van der Waals surface area contributed by atoms with Gasteiger partial charge in [0, 0.05) is 12.1 Å². The van der Waals surface area contributed by atoms with Gasteiger partial charge in [-0.05, 0) is 27.7 Å². The van der Waals surface area contributed by atoms with Gasteiger partial charge < -0.3 is 11.1 Å². The van der Waals surface area contributed by atoms with Gasteiger partial charge in [-0.3, -0.25) is 9.63 Å². The smallest absolute Gasteiger partial charge is 0.295 e. The Morgan fingerprint density at radius 3 is 2.27 bits per heavy atom. The first kappa shape index (κ1) is 13.6. The molecule has 0 rings (SSSR count). The van der Waals surface area contributed by atoms with Crippen molar-refractivity contribution in [3.63, 3.8) is 0 Å². The molecule has 0 aliphatic carbocycles. The Kier molecular flexibility index (Phi) is 4.03. The predicted octanol–water partition coefficient (Wildman–Crippen LogP) is -0.173. The van der Waals surface area contributed by atoms with Crippen molar-refractivity contribution in [2.45, 2.75) is 38.8 Å². The Balaban J connectivity index is 4.26. The van der Waals surface area contributed by atoms with Gasteiger partial charge in [0.15, 0.2) is 5.60 Å². The summed E-state index contributed by atoms with van der Waals surface area (Å²) in [5, 5.41) is 11.6. The molecule has 3 N–H and O–H groups in total. The zero-order valence-corrected chi connectivity index (χ0v) is 9.36. The van der Waals surface area contributed by atoms with Crippen molar-refractivity contribution in [1.29, 1.82) is 0 Å². The van der Waals surface area contributed by atoms with E-state index in [-0.39, 0.29) is 6.54 Å². The van der Waals surface area contributed by atoms with Gasteiger partial charge in [0.1, 0.15) is 0 Å². The van der Waals surface area contributed by atoms with E-state index >= 15 is 0 Å². The minimum absolute atomic E-state index is 0.219. The summed E-state index contributed by atoms with van der Waals surface area (Å²) in [6.45, 7) is 6.31. The summed E-state index contributed by atoms with van der Waals surface area (Å²) in [4.78, 5) is 25.8. The second-order valence-corrected chi connectivity index (χ2v) is 4.50. The number of nitrogens with one attached hydrogen (secondary N) is 1. The lowest BCUT2D eigenvalue weighted by Gasteiger charge is -2.24. The van der Waals surface area contributed by atoms with Gasteiger partial charge in [-0.1, -0.05) is 0 Å². The van der Waals surface area contributed by atoms with E-state index in [9.17, 15) is 14.9 Å². The first-order valence-electron chi connectivity index (χ1n) is 4.45. The third kappa shape index (κ3) is 5.84. The number of carbonyl (C=O) groups is 1. The molecule has 0 aromatic rings. The Morgan fingerprint density at radius 1 is 1.47 bits per heavy atom. The highest BCUT2D eigenvalue weighted by molar-refractivity contribution is 5.84. The molecule has 7 nitrogen and oxygen atoms in total. The third-order valence-corrected chi connectivity index (χ3v) is 1.55. The van der Waals surface area contributed by atoms with E-state index in [0.717, 1.165) is 0 Å². The maximum Gasteiger partial charge on any atom is 0.295 e. The molecule has 0 fully saturated rings. The lowest BCUT2D eigenvalue weighted by molar-refractivity contribution is -0.774. The SMILES string of the molecule is CC(C)(N)CNC(=O)C(C)(C)O[N+](=O)[O-]. The molecule has 15 heavy (non-hydrogen) atoms. The highest BCUT2D eigenvalue weighted by Crippen LogP contribution is 2.09. The van der Waals surface area contributed by atoms with Gasteiger partial charge in [0.2, 0.25) is 0 Å². The summed E-state index contributed by atoms with van der Waals surface area (Å²) < 4.78 is 0. The van der Waals surface area contributed by atoms with Gasteiger partial charge >= 0.3 is 0 Å². The summed E-state index contributed by atoms with van der Waals surface area (Å²) in [5.41, 5.74) is 3.56. The molecule has 0 aromatic heterocycles. The van der Waals surface area contributed by atoms with Gasteiger partial charge in [-0.2, -0.15) is 0 Å². The van der Waals surface area contributed by atoms with E-state index in [1.807, 2.05) is 0 Å². The van der Waals surface area contributed by atoms with Crippen LogP contribution >= 0.6 is 0 Å². The number of nitrogens with zero attached hydrogens (tertiary/aromatic N) is 1. The number of amides is 1. The number of hydrogen-bond acceptors (Lipinski definition) is 5. The van der Waals surface area contributed by atoms with E-state index in [0.29, 0.717) is 0 Å². The molecule has 0 aliphatic heterocycles. The number of rotatable bonds is 5. The topological polar surface area (TPSA) is 107 Å². The summed E-state index contributed by atoms with van der Waals surface area (Å²) in [6, 6.07) is 0. The quantitative estimate of drug-likeness (QED) is 0.493. The van der Waals surface area contributed by atoms with Crippen molar-refractivity contribution in [3.8, 4) is 0 Å². The van der Waals surface area contributed by atoms with Gasteiger partial charge in [0.05, 0.1) is 0 Å². The van der Waals surface area contributed by atoms with E-state index in [4.69, 9.17) is 5.73 Å². The lowest BCUT2D eigenvalue weighted by atomic mass is 10.1. The van der Waals surface area contributed by atoms with Crippen LogP contribution in [0.3, 0.4) is 0 Å². The standard InChI is InChI=1S/C8H17N3O4/c1-7(2,9)5-10-6(12)8(3,4)15-11(13)14/h5,9H2,1-4H3,(H,10,12). The molecule has 0 heterocycles. The second-order valence-electron chi connectivity index (χ2n) is 4.50. The fourth-order valence-electron chi connectivity index (χ4n) is 0.749. The largest absolute Gasteiger partial charge is 0.352 e. The van der Waals surface area contributed by atoms with E-state index < -0.39 is 22.1 Å². The predicted molar refractivity (Wildman–Crippen MR) is 53.4 cm³/mol. The molecule has 0 spiro atoms. The molecule has 0 aliphatic rings. The number of carbonyl (C=O) groups excluding carboxylic acids is 1. The molecule has 0 atom stereocenters. The molecule has 1 amide bonds. The molecule has 88 valence electrons. The van der Waals surface area contributed by atoms with Crippen LogP contribution in [0.5, 0.6) is 0 Å². The normalized spacial score (nSPS) is 12.1. The van der Waals surface area contributed by atoms with Gasteiger partial charge in [0.25, 0.3) is 11.0 Å². The fraction of sp³-hybridized carbons (Fsp3) is 0.875. The lowest BCUT2D eigenvalue weighted by Crippen LogP contribution is -2.51. The summed E-state index contributed by atoms with van der Waals surface area (Å²) in [7, 11) is 0. The molecule has 0 unspecified atom stereocenters. The maximum atomic E-state index is 11.5. The molecule has 0 aromatic carbocycles. The molecule has 0 radical (unpaired) electrons. The molecular weight excluding hydrogens is 202 g/mol. The van der Waals surface area contributed by atoms with E-state index in [1.54, 1.807) is 13.8 Å². The van der Waals surface area contributed by atoms with Gasteiger partial charge in [-0.15, -0.1) is 10.1 Å². The Morgan fingerprint density at radius 2 is 1.93 bits per heavy atom. The summed E-state index contributed by atoms with van der Waals surface area (Å²) in [5.74, 6) is -0.572. The average molecular weight is 219 g/mol. The van der Waals surface area contributed by atoms with Crippen molar-refractivity contribution in [2.75, 3.05) is 6.54 Å². The van der Waals surface area contributed by atoms with Crippen LogP contribution in [-0.4, -0.2) is 28.7 Å². The van der Waals surface area contributed by atoms with Crippen LogP contribution in [0, 0.1) is 10.1 Å². The molecule has 0 saturated carbocycles. The zero-order valence-electron chi connectivity index (χ0n) is 9.36. The van der Waals surface area contributed by atoms with Crippen LogP contribution < -0.4 is 11.1 Å². The van der Waals surface area contributed by atoms with Crippen LogP contribution in [0.1, 0.15) is 27.7 Å². The van der Waals surface area contributed by atoms with E-state index in [2.05, 4.69) is 10.2 Å². The van der Waals surface area contributed by atoms with Crippen molar-refractivity contribution in [2.24, 2.45) is 5.73 Å². The van der Waals surface area contributed by atoms with Crippen LogP contribution in [0.2, 0.25) is 0 Å². The van der Waals surface area contributed by atoms with E-state index in [1.165, 1.54) is 13.8 Å². The Bertz CT molecular complexity index is 257. The van der Waals surface area contributed by atoms with Crippen LogP contribution in [0.15, 0.2) is 0 Å². The first-order chi connectivity index (χ1) is 6.54. The molecule has 0 bridgehead atoms. The molecule has 7 heteroatoms. The highest BCUT2D eigenvalue weighted by atomic mass is 17.0. The second kappa shape index (κ2) is 4.43. The van der Waals surface area contributed by atoms with Crippen molar-refractivity contribution in [3.05, 3.63) is 10.1 Å². The van der Waals surface area contributed by atoms with Crippen molar-refractivity contribution >= 4 is 5.91 Å².